The molecule has 0 amide bonds. The largest absolute Gasteiger partial charge is 0.366 e. The highest BCUT2D eigenvalue weighted by Crippen LogP contribution is 2.31. The molecule has 0 bridgehead atoms. The fraction of sp³-hybridized carbons (Fsp3) is 0.0833. The van der Waals surface area contributed by atoms with Crippen molar-refractivity contribution in [3.05, 3.63) is 40.0 Å². The third-order valence-electron chi connectivity index (χ3n) is 2.52. The van der Waals surface area contributed by atoms with Gasteiger partial charge >= 0.3 is 0 Å². The number of thiocarbonyl (C=S) groups is 1. The summed E-state index contributed by atoms with van der Waals surface area (Å²) < 4.78 is 25.1. The van der Waals surface area contributed by atoms with Crippen LogP contribution in [0.3, 0.4) is 0 Å². The third kappa shape index (κ3) is 3.12. The van der Waals surface area contributed by atoms with Crippen molar-refractivity contribution in [2.24, 2.45) is 0 Å². The van der Waals surface area contributed by atoms with Gasteiger partial charge in [-0.3, -0.25) is 0 Å². The van der Waals surface area contributed by atoms with E-state index in [2.05, 4.69) is 10.6 Å². The minimum Gasteiger partial charge on any atom is -0.366 e. The first kappa shape index (κ1) is 15.2. The zero-order valence-electron chi connectivity index (χ0n) is 10.4. The molecule has 2 N–H and O–H groups in total. The van der Waals surface area contributed by atoms with Crippen LogP contribution in [0.2, 0.25) is 5.02 Å². The molecule has 2 aromatic rings. The number of halogens is 1. The van der Waals surface area contributed by atoms with Crippen molar-refractivity contribution >= 4 is 55.8 Å². The van der Waals surface area contributed by atoms with Crippen molar-refractivity contribution in [2.45, 2.75) is 9.79 Å². The lowest BCUT2D eigenvalue weighted by molar-refractivity contribution is 0.597. The Kier molecular flexibility index (Phi) is 4.64. The Balaban J connectivity index is 2.42. The van der Waals surface area contributed by atoms with Gasteiger partial charge in [0.05, 0.1) is 10.6 Å². The fourth-order valence-electron chi connectivity index (χ4n) is 1.51. The van der Waals surface area contributed by atoms with Crippen LogP contribution in [-0.2, 0) is 9.84 Å². The van der Waals surface area contributed by atoms with Crippen molar-refractivity contribution in [1.82, 2.24) is 5.32 Å². The molecular formula is C12H11ClN2O2S3. The van der Waals surface area contributed by atoms with E-state index >= 15 is 0 Å². The SMILES string of the molecule is CNC(=S)Nc1cscc1S(=O)(=O)c1ccc(Cl)cc1. The van der Waals surface area contributed by atoms with Crippen LogP contribution in [0.4, 0.5) is 5.69 Å². The number of anilines is 1. The summed E-state index contributed by atoms with van der Waals surface area (Å²) in [5.74, 6) is 0. The predicted molar refractivity (Wildman–Crippen MR) is 86.5 cm³/mol. The highest BCUT2D eigenvalue weighted by Gasteiger charge is 2.22. The Bertz CT molecular complexity index is 723. The van der Waals surface area contributed by atoms with Gasteiger partial charge < -0.3 is 10.6 Å². The van der Waals surface area contributed by atoms with Gasteiger partial charge in [-0.05, 0) is 36.5 Å². The molecule has 4 nitrogen and oxygen atoms in total. The van der Waals surface area contributed by atoms with Crippen molar-refractivity contribution in [2.75, 3.05) is 12.4 Å². The van der Waals surface area contributed by atoms with Gasteiger partial charge in [-0.25, -0.2) is 8.42 Å². The molecule has 1 heterocycles. The van der Waals surface area contributed by atoms with Gasteiger partial charge in [-0.2, -0.15) is 0 Å². The lowest BCUT2D eigenvalue weighted by Gasteiger charge is -2.09. The smallest absolute Gasteiger partial charge is 0.209 e. The van der Waals surface area contributed by atoms with Crippen LogP contribution >= 0.6 is 35.2 Å². The monoisotopic (exact) mass is 346 g/mol. The van der Waals surface area contributed by atoms with Crippen molar-refractivity contribution in [1.29, 1.82) is 0 Å². The zero-order chi connectivity index (χ0) is 14.8. The van der Waals surface area contributed by atoms with E-state index in [1.54, 1.807) is 29.9 Å². The van der Waals surface area contributed by atoms with Crippen LogP contribution in [-0.4, -0.2) is 20.6 Å². The molecule has 0 atom stereocenters. The van der Waals surface area contributed by atoms with E-state index in [-0.39, 0.29) is 9.79 Å². The second kappa shape index (κ2) is 6.09. The first-order chi connectivity index (χ1) is 9.45. The maximum atomic E-state index is 12.6. The highest BCUT2D eigenvalue weighted by molar-refractivity contribution is 7.91. The molecule has 0 saturated heterocycles. The standard InChI is InChI=1S/C12H11ClN2O2S3/c1-14-12(18)15-10-6-19-7-11(10)20(16,17)9-4-2-8(13)3-5-9/h2-7H,1H3,(H2,14,15,18). The summed E-state index contributed by atoms with van der Waals surface area (Å²) in [4.78, 5) is 0.390. The molecule has 0 saturated carbocycles. The number of thiophene rings is 1. The minimum absolute atomic E-state index is 0.193. The zero-order valence-corrected chi connectivity index (χ0v) is 13.6. The second-order valence-corrected chi connectivity index (χ2v) is 7.32. The van der Waals surface area contributed by atoms with E-state index < -0.39 is 9.84 Å². The van der Waals surface area contributed by atoms with Gasteiger partial charge in [0.1, 0.15) is 4.90 Å². The molecule has 0 unspecified atom stereocenters. The van der Waals surface area contributed by atoms with Crippen LogP contribution in [0.1, 0.15) is 0 Å². The van der Waals surface area contributed by atoms with Crippen molar-refractivity contribution in [3.63, 3.8) is 0 Å². The second-order valence-electron chi connectivity index (χ2n) is 3.81. The number of hydrogen-bond acceptors (Lipinski definition) is 4. The minimum atomic E-state index is -3.60. The average molecular weight is 347 g/mol. The molecule has 0 aliphatic rings. The van der Waals surface area contributed by atoms with Gasteiger partial charge in [0.15, 0.2) is 5.11 Å². The summed E-state index contributed by atoms with van der Waals surface area (Å²) >= 11 is 12.1. The Morgan fingerprint density at radius 2 is 1.90 bits per heavy atom. The molecule has 0 spiro atoms. The summed E-state index contributed by atoms with van der Waals surface area (Å²) in [5.41, 5.74) is 0.462. The Morgan fingerprint density at radius 1 is 1.25 bits per heavy atom. The molecule has 2 rings (SSSR count). The normalized spacial score (nSPS) is 11.1. The lowest BCUT2D eigenvalue weighted by atomic mass is 10.4. The Morgan fingerprint density at radius 3 is 2.50 bits per heavy atom. The van der Waals surface area contributed by atoms with Crippen LogP contribution in [0.25, 0.3) is 0 Å². The average Bonchev–Trinajstić information content (AvgIpc) is 2.88. The maximum absolute atomic E-state index is 12.6. The van der Waals surface area contributed by atoms with Gasteiger partial charge in [-0.15, -0.1) is 11.3 Å². The topological polar surface area (TPSA) is 58.2 Å². The molecule has 1 aromatic carbocycles. The van der Waals surface area contributed by atoms with Gasteiger partial charge in [-0.1, -0.05) is 11.6 Å². The summed E-state index contributed by atoms with van der Waals surface area (Å²) in [7, 11) is -1.93. The van der Waals surface area contributed by atoms with Gasteiger partial charge in [0, 0.05) is 22.8 Å². The quantitative estimate of drug-likeness (QED) is 0.836. The molecule has 0 fully saturated rings. The van der Waals surface area contributed by atoms with Crippen LogP contribution in [0.15, 0.2) is 44.8 Å². The van der Waals surface area contributed by atoms with Gasteiger partial charge in [0.25, 0.3) is 0 Å². The molecule has 0 aliphatic heterocycles. The highest BCUT2D eigenvalue weighted by atomic mass is 35.5. The van der Waals surface area contributed by atoms with E-state index in [9.17, 15) is 8.42 Å². The van der Waals surface area contributed by atoms with Gasteiger partial charge in [0.2, 0.25) is 9.84 Å². The predicted octanol–water partition coefficient (Wildman–Crippen LogP) is 3.15. The van der Waals surface area contributed by atoms with E-state index in [0.29, 0.717) is 15.8 Å². The number of benzene rings is 1. The molecule has 0 radical (unpaired) electrons. The summed E-state index contributed by atoms with van der Waals surface area (Å²) in [6.07, 6.45) is 0. The van der Waals surface area contributed by atoms with E-state index in [1.807, 2.05) is 0 Å². The molecule has 106 valence electrons. The number of nitrogens with one attached hydrogen (secondary N) is 2. The Hall–Kier alpha value is -1.15. The first-order valence-corrected chi connectivity index (χ1v) is 8.72. The van der Waals surface area contributed by atoms with Crippen LogP contribution in [0, 0.1) is 0 Å². The number of rotatable bonds is 3. The van der Waals surface area contributed by atoms with Crippen LogP contribution < -0.4 is 10.6 Å². The first-order valence-electron chi connectivity index (χ1n) is 5.50. The lowest BCUT2D eigenvalue weighted by Crippen LogP contribution is -2.24. The fourth-order valence-corrected chi connectivity index (χ4v) is 4.28. The molecular weight excluding hydrogens is 336 g/mol. The molecule has 8 heteroatoms. The molecule has 20 heavy (non-hydrogen) atoms. The molecule has 0 aliphatic carbocycles. The van der Waals surface area contributed by atoms with Crippen LogP contribution in [0.5, 0.6) is 0 Å². The molecule has 1 aromatic heterocycles. The van der Waals surface area contributed by atoms with Crippen molar-refractivity contribution in [3.8, 4) is 0 Å². The van der Waals surface area contributed by atoms with E-state index in [0.717, 1.165) is 0 Å². The van der Waals surface area contributed by atoms with E-state index in [1.165, 1.54) is 23.5 Å². The van der Waals surface area contributed by atoms with Crippen molar-refractivity contribution < 1.29 is 8.42 Å². The summed E-state index contributed by atoms with van der Waals surface area (Å²) in [6, 6.07) is 6.06. The number of sulfone groups is 1. The maximum Gasteiger partial charge on any atom is 0.209 e. The summed E-state index contributed by atoms with van der Waals surface area (Å²) in [6.45, 7) is 0. The summed E-state index contributed by atoms with van der Waals surface area (Å²) in [5, 5.41) is 9.72. The Labute approximate surface area is 131 Å². The van der Waals surface area contributed by atoms with E-state index in [4.69, 9.17) is 23.8 Å². The number of hydrogen-bond donors (Lipinski definition) is 2. The third-order valence-corrected chi connectivity index (χ3v) is 5.78.